The van der Waals surface area contributed by atoms with E-state index in [1.54, 1.807) is 18.2 Å². The van der Waals surface area contributed by atoms with E-state index in [1.165, 1.54) is 0 Å². The highest BCUT2D eigenvalue weighted by Gasteiger charge is 2.15. The molecule has 2 unspecified atom stereocenters. The van der Waals surface area contributed by atoms with Crippen LogP contribution in [-0.2, 0) is 0 Å². The van der Waals surface area contributed by atoms with Crippen LogP contribution in [0.4, 0.5) is 0 Å². The minimum atomic E-state index is -0.490. The first-order valence-electron chi connectivity index (χ1n) is 3.69. The molecule has 0 bridgehead atoms. The Labute approximate surface area is 65.8 Å². The second-order valence-corrected chi connectivity index (χ2v) is 2.69. The summed E-state index contributed by atoms with van der Waals surface area (Å²) in [6.07, 6.45) is 5.24. The molecule has 11 heavy (non-hydrogen) atoms. The molecule has 1 aliphatic carbocycles. The third kappa shape index (κ3) is 2.06. The average molecular weight is 155 g/mol. The van der Waals surface area contributed by atoms with Crippen LogP contribution in [0.3, 0.4) is 0 Å². The normalized spacial score (nSPS) is 26.4. The summed E-state index contributed by atoms with van der Waals surface area (Å²) in [7, 11) is 0. The van der Waals surface area contributed by atoms with Gasteiger partial charge in [0.1, 0.15) is 5.76 Å². The Morgan fingerprint density at radius 1 is 1.73 bits per heavy atom. The molecular weight excluding hydrogens is 142 g/mol. The van der Waals surface area contributed by atoms with Crippen molar-refractivity contribution >= 4 is 0 Å². The van der Waals surface area contributed by atoms with Gasteiger partial charge in [-0.05, 0) is 18.6 Å². The fraction of sp³-hybridized carbons (Fsp3) is 0.500. The van der Waals surface area contributed by atoms with Crippen LogP contribution in [0, 0.1) is 5.92 Å². The summed E-state index contributed by atoms with van der Waals surface area (Å²) in [5.74, 6) is 0.335. The number of nitrogens with two attached hydrogens (primary N) is 1. The molecule has 0 aromatic carbocycles. The molecular formula is C8H13NO2. The molecule has 0 aliphatic heterocycles. The lowest BCUT2D eigenvalue weighted by Crippen LogP contribution is -2.28. The van der Waals surface area contributed by atoms with Gasteiger partial charge in [0.15, 0.2) is 0 Å². The van der Waals surface area contributed by atoms with Crippen molar-refractivity contribution in [2.75, 3.05) is 6.54 Å². The third-order valence-electron chi connectivity index (χ3n) is 1.85. The van der Waals surface area contributed by atoms with Gasteiger partial charge in [-0.3, -0.25) is 0 Å². The Balaban J connectivity index is 2.48. The van der Waals surface area contributed by atoms with Gasteiger partial charge in [0.05, 0.1) is 6.10 Å². The van der Waals surface area contributed by atoms with Crippen LogP contribution < -0.4 is 5.73 Å². The zero-order valence-electron chi connectivity index (χ0n) is 6.27. The highest BCUT2D eigenvalue weighted by atomic mass is 16.3. The van der Waals surface area contributed by atoms with Gasteiger partial charge in [0, 0.05) is 12.5 Å². The van der Waals surface area contributed by atoms with Crippen LogP contribution in [0.1, 0.15) is 6.42 Å². The molecule has 0 saturated heterocycles. The quantitative estimate of drug-likeness (QED) is 0.538. The zero-order valence-corrected chi connectivity index (χ0v) is 6.27. The molecule has 3 nitrogen and oxygen atoms in total. The Morgan fingerprint density at radius 2 is 2.45 bits per heavy atom. The van der Waals surface area contributed by atoms with Crippen molar-refractivity contribution in [3.63, 3.8) is 0 Å². The summed E-state index contributed by atoms with van der Waals surface area (Å²) in [5.41, 5.74) is 5.27. The molecule has 2 atom stereocenters. The van der Waals surface area contributed by atoms with E-state index in [9.17, 15) is 5.11 Å². The average Bonchev–Trinajstić information content (AvgIpc) is 2.05. The number of allylic oxidation sites excluding steroid dienone is 2. The van der Waals surface area contributed by atoms with Gasteiger partial charge < -0.3 is 15.9 Å². The molecule has 0 aromatic rings. The van der Waals surface area contributed by atoms with Gasteiger partial charge in [-0.2, -0.15) is 0 Å². The van der Waals surface area contributed by atoms with E-state index in [-0.39, 0.29) is 18.2 Å². The predicted octanol–water partition coefficient (Wildman–Crippen LogP) is 0.324. The second kappa shape index (κ2) is 3.55. The first-order valence-corrected chi connectivity index (χ1v) is 3.69. The lowest BCUT2D eigenvalue weighted by molar-refractivity contribution is 0.137. The summed E-state index contributed by atoms with van der Waals surface area (Å²) >= 11 is 0. The van der Waals surface area contributed by atoms with Gasteiger partial charge in [0.2, 0.25) is 0 Å². The summed E-state index contributed by atoms with van der Waals surface area (Å²) in [6, 6.07) is 0. The number of hydrogen-bond acceptors (Lipinski definition) is 3. The van der Waals surface area contributed by atoms with Gasteiger partial charge in [0.25, 0.3) is 0 Å². The highest BCUT2D eigenvalue weighted by molar-refractivity contribution is 5.17. The van der Waals surface area contributed by atoms with Crippen molar-refractivity contribution in [2.45, 2.75) is 12.5 Å². The minimum Gasteiger partial charge on any atom is -0.508 e. The van der Waals surface area contributed by atoms with E-state index in [0.29, 0.717) is 6.42 Å². The lowest BCUT2D eigenvalue weighted by Gasteiger charge is -2.18. The maximum atomic E-state index is 9.28. The smallest absolute Gasteiger partial charge is 0.111 e. The molecule has 0 radical (unpaired) electrons. The van der Waals surface area contributed by atoms with Gasteiger partial charge in [-0.25, -0.2) is 0 Å². The first-order chi connectivity index (χ1) is 5.24. The largest absolute Gasteiger partial charge is 0.508 e. The van der Waals surface area contributed by atoms with Crippen LogP contribution in [0.2, 0.25) is 0 Å². The minimum absolute atomic E-state index is 0.0656. The summed E-state index contributed by atoms with van der Waals surface area (Å²) in [6.45, 7) is 0.267. The number of rotatable bonds is 2. The van der Waals surface area contributed by atoms with Crippen LogP contribution in [-0.4, -0.2) is 22.9 Å². The highest BCUT2D eigenvalue weighted by Crippen LogP contribution is 2.17. The maximum Gasteiger partial charge on any atom is 0.111 e. The summed E-state index contributed by atoms with van der Waals surface area (Å²) in [4.78, 5) is 0. The SMILES string of the molecule is NCC(O)C1C=CC(O)=CC1. The topological polar surface area (TPSA) is 66.5 Å². The standard InChI is InChI=1S/C8H13NO2/c9-5-8(11)6-1-3-7(10)4-2-6/h1,3-4,6,8,10-11H,2,5,9H2. The molecule has 0 amide bonds. The van der Waals surface area contributed by atoms with E-state index in [0.717, 1.165) is 0 Å². The molecule has 0 aromatic heterocycles. The van der Waals surface area contributed by atoms with Crippen molar-refractivity contribution in [1.29, 1.82) is 0 Å². The zero-order chi connectivity index (χ0) is 8.27. The first kappa shape index (κ1) is 8.30. The third-order valence-corrected chi connectivity index (χ3v) is 1.85. The monoisotopic (exact) mass is 155 g/mol. The molecule has 1 rings (SSSR count). The molecule has 0 spiro atoms. The number of aliphatic hydroxyl groups is 2. The van der Waals surface area contributed by atoms with E-state index < -0.39 is 6.10 Å². The Kier molecular flexibility index (Phi) is 2.68. The Morgan fingerprint density at radius 3 is 2.91 bits per heavy atom. The van der Waals surface area contributed by atoms with Gasteiger partial charge in [-0.1, -0.05) is 6.08 Å². The molecule has 3 heteroatoms. The van der Waals surface area contributed by atoms with E-state index >= 15 is 0 Å². The van der Waals surface area contributed by atoms with Crippen molar-refractivity contribution in [2.24, 2.45) is 11.7 Å². The maximum absolute atomic E-state index is 9.28. The van der Waals surface area contributed by atoms with Crippen LogP contribution >= 0.6 is 0 Å². The van der Waals surface area contributed by atoms with Crippen molar-refractivity contribution in [3.05, 3.63) is 24.0 Å². The lowest BCUT2D eigenvalue weighted by atomic mass is 9.94. The van der Waals surface area contributed by atoms with Crippen molar-refractivity contribution in [1.82, 2.24) is 0 Å². The van der Waals surface area contributed by atoms with Crippen LogP contribution in [0.5, 0.6) is 0 Å². The van der Waals surface area contributed by atoms with Crippen LogP contribution in [0.15, 0.2) is 24.0 Å². The van der Waals surface area contributed by atoms with Crippen molar-refractivity contribution in [3.8, 4) is 0 Å². The molecule has 0 heterocycles. The van der Waals surface area contributed by atoms with Gasteiger partial charge in [-0.15, -0.1) is 0 Å². The Hall–Kier alpha value is -0.800. The van der Waals surface area contributed by atoms with Crippen molar-refractivity contribution < 1.29 is 10.2 Å². The van der Waals surface area contributed by atoms with E-state index in [4.69, 9.17) is 10.8 Å². The summed E-state index contributed by atoms with van der Waals surface area (Å²) in [5, 5.41) is 18.2. The number of hydrogen-bond donors (Lipinski definition) is 3. The summed E-state index contributed by atoms with van der Waals surface area (Å²) < 4.78 is 0. The van der Waals surface area contributed by atoms with Gasteiger partial charge >= 0.3 is 0 Å². The molecule has 0 saturated carbocycles. The number of aliphatic hydroxyl groups excluding tert-OH is 2. The fourth-order valence-electron chi connectivity index (χ4n) is 1.09. The predicted molar refractivity (Wildman–Crippen MR) is 43.0 cm³/mol. The molecule has 62 valence electrons. The molecule has 4 N–H and O–H groups in total. The second-order valence-electron chi connectivity index (χ2n) is 2.69. The Bertz CT molecular complexity index is 187. The van der Waals surface area contributed by atoms with E-state index in [1.807, 2.05) is 0 Å². The fourth-order valence-corrected chi connectivity index (χ4v) is 1.09. The van der Waals surface area contributed by atoms with Crippen LogP contribution in [0.25, 0.3) is 0 Å². The molecule has 0 fully saturated rings. The molecule has 1 aliphatic rings. The van der Waals surface area contributed by atoms with E-state index in [2.05, 4.69) is 0 Å².